The molecule has 0 unspecified atom stereocenters. The van der Waals surface area contributed by atoms with E-state index in [0.29, 0.717) is 22.5 Å². The molecular formula is C23H21N3O2. The normalized spacial score (nSPS) is 12.1. The van der Waals surface area contributed by atoms with E-state index in [2.05, 4.69) is 15.3 Å². The van der Waals surface area contributed by atoms with Gasteiger partial charge in [0.15, 0.2) is 0 Å². The fourth-order valence-electron chi connectivity index (χ4n) is 3.37. The van der Waals surface area contributed by atoms with E-state index in [1.165, 1.54) is 0 Å². The third-order valence-electron chi connectivity index (χ3n) is 4.79. The van der Waals surface area contributed by atoms with Crippen LogP contribution in [-0.4, -0.2) is 20.2 Å². The molecule has 0 spiro atoms. The Bertz CT molecular complexity index is 1160. The first-order valence-corrected chi connectivity index (χ1v) is 9.08. The number of rotatable bonds is 4. The van der Waals surface area contributed by atoms with E-state index in [1.54, 1.807) is 18.5 Å². The van der Waals surface area contributed by atoms with Crippen molar-refractivity contribution in [3.63, 3.8) is 0 Å². The molecule has 0 amide bonds. The molecule has 0 radical (unpaired) electrons. The summed E-state index contributed by atoms with van der Waals surface area (Å²) in [7, 11) is 0. The largest absolute Gasteiger partial charge is 0.508 e. The zero-order valence-electron chi connectivity index (χ0n) is 15.7. The summed E-state index contributed by atoms with van der Waals surface area (Å²) < 4.78 is 0. The number of aryl methyl sites for hydroxylation is 2. The van der Waals surface area contributed by atoms with E-state index >= 15 is 0 Å². The van der Waals surface area contributed by atoms with Gasteiger partial charge >= 0.3 is 0 Å². The molecule has 4 aromatic rings. The number of phenolic OH excluding ortho intramolecular Hbond substituents is 2. The van der Waals surface area contributed by atoms with E-state index in [0.717, 1.165) is 16.5 Å². The summed E-state index contributed by atoms with van der Waals surface area (Å²) in [6.45, 7) is 3.95. The molecule has 0 saturated carbocycles. The van der Waals surface area contributed by atoms with Crippen LogP contribution in [-0.2, 0) is 0 Å². The van der Waals surface area contributed by atoms with Gasteiger partial charge in [0.2, 0.25) is 0 Å². The minimum absolute atomic E-state index is 0.0872. The number of hydrogen-bond donors (Lipinski definition) is 3. The van der Waals surface area contributed by atoms with Gasteiger partial charge in [-0.1, -0.05) is 29.8 Å². The van der Waals surface area contributed by atoms with Gasteiger partial charge in [-0.25, -0.2) is 4.98 Å². The van der Waals surface area contributed by atoms with Crippen LogP contribution >= 0.6 is 0 Å². The minimum Gasteiger partial charge on any atom is -0.508 e. The van der Waals surface area contributed by atoms with Crippen molar-refractivity contribution < 1.29 is 10.2 Å². The number of pyridine rings is 2. The Morgan fingerprint density at radius 3 is 2.46 bits per heavy atom. The van der Waals surface area contributed by atoms with Crippen LogP contribution in [0.5, 0.6) is 11.5 Å². The third-order valence-corrected chi connectivity index (χ3v) is 4.79. The second-order valence-electron chi connectivity index (χ2n) is 6.94. The molecule has 2 aromatic heterocycles. The van der Waals surface area contributed by atoms with Gasteiger partial charge in [-0.2, -0.15) is 0 Å². The van der Waals surface area contributed by atoms with Crippen LogP contribution in [0.1, 0.15) is 28.3 Å². The van der Waals surface area contributed by atoms with Crippen LogP contribution in [0, 0.1) is 13.8 Å². The van der Waals surface area contributed by atoms with Crippen LogP contribution < -0.4 is 5.32 Å². The van der Waals surface area contributed by atoms with Crippen molar-refractivity contribution in [3.8, 4) is 11.5 Å². The van der Waals surface area contributed by atoms with Gasteiger partial charge in [0.05, 0.1) is 6.04 Å². The summed E-state index contributed by atoms with van der Waals surface area (Å²) in [6, 6.07) is 16.3. The van der Waals surface area contributed by atoms with Crippen molar-refractivity contribution in [3.05, 3.63) is 89.2 Å². The molecule has 0 aliphatic carbocycles. The molecule has 2 aromatic carbocycles. The van der Waals surface area contributed by atoms with Gasteiger partial charge < -0.3 is 15.5 Å². The Morgan fingerprint density at radius 2 is 1.64 bits per heavy atom. The molecule has 0 aliphatic heterocycles. The Balaban J connectivity index is 1.90. The first-order valence-electron chi connectivity index (χ1n) is 9.08. The van der Waals surface area contributed by atoms with Crippen molar-refractivity contribution in [2.24, 2.45) is 0 Å². The van der Waals surface area contributed by atoms with Crippen molar-refractivity contribution in [2.75, 3.05) is 5.32 Å². The highest BCUT2D eigenvalue weighted by molar-refractivity contribution is 5.86. The Kier molecular flexibility index (Phi) is 4.57. The first-order chi connectivity index (χ1) is 13.5. The lowest BCUT2D eigenvalue weighted by Gasteiger charge is -2.23. The van der Waals surface area contributed by atoms with Crippen molar-refractivity contribution >= 4 is 16.7 Å². The summed E-state index contributed by atoms with van der Waals surface area (Å²) in [5.41, 5.74) is 3.88. The van der Waals surface area contributed by atoms with Gasteiger partial charge in [0.1, 0.15) is 22.8 Å². The molecule has 3 N–H and O–H groups in total. The molecule has 28 heavy (non-hydrogen) atoms. The molecule has 1 atom stereocenters. The summed E-state index contributed by atoms with van der Waals surface area (Å²) in [5.74, 6) is 0.895. The molecule has 5 nitrogen and oxygen atoms in total. The van der Waals surface area contributed by atoms with Crippen LogP contribution in [0.2, 0.25) is 0 Å². The maximum Gasteiger partial charge on any atom is 0.147 e. The van der Waals surface area contributed by atoms with E-state index in [-0.39, 0.29) is 11.5 Å². The monoisotopic (exact) mass is 371 g/mol. The fourth-order valence-corrected chi connectivity index (χ4v) is 3.37. The quantitative estimate of drug-likeness (QED) is 0.477. The van der Waals surface area contributed by atoms with Crippen LogP contribution in [0.4, 0.5) is 5.82 Å². The predicted octanol–water partition coefficient (Wildman–Crippen LogP) is 4.86. The number of nitrogens with one attached hydrogen (secondary N) is 1. The molecular weight excluding hydrogens is 350 g/mol. The summed E-state index contributed by atoms with van der Waals surface area (Å²) in [6.07, 6.45) is 3.38. The minimum atomic E-state index is -0.499. The summed E-state index contributed by atoms with van der Waals surface area (Å²) in [4.78, 5) is 8.71. The number of phenols is 2. The van der Waals surface area contributed by atoms with Gasteiger partial charge in [0, 0.05) is 28.9 Å². The summed E-state index contributed by atoms with van der Waals surface area (Å²) >= 11 is 0. The topological polar surface area (TPSA) is 78.3 Å². The molecule has 5 heteroatoms. The van der Waals surface area contributed by atoms with Gasteiger partial charge in [-0.15, -0.1) is 0 Å². The van der Waals surface area contributed by atoms with Crippen LogP contribution in [0.25, 0.3) is 10.9 Å². The number of benzene rings is 2. The first kappa shape index (κ1) is 17.8. The molecule has 0 saturated heterocycles. The second-order valence-corrected chi connectivity index (χ2v) is 6.94. The lowest BCUT2D eigenvalue weighted by molar-refractivity contribution is 0.459. The molecule has 0 bridgehead atoms. The predicted molar refractivity (Wildman–Crippen MR) is 111 cm³/mol. The van der Waals surface area contributed by atoms with Gasteiger partial charge in [0.25, 0.3) is 0 Å². The number of nitrogens with zero attached hydrogens (tertiary/aromatic N) is 2. The van der Waals surface area contributed by atoms with Crippen molar-refractivity contribution in [1.29, 1.82) is 0 Å². The smallest absolute Gasteiger partial charge is 0.147 e. The molecule has 140 valence electrons. The number of anilines is 1. The van der Waals surface area contributed by atoms with Crippen LogP contribution in [0.15, 0.2) is 67.0 Å². The van der Waals surface area contributed by atoms with Crippen molar-refractivity contribution in [1.82, 2.24) is 9.97 Å². The zero-order chi connectivity index (χ0) is 19.7. The Hall–Kier alpha value is -3.60. The zero-order valence-corrected chi connectivity index (χ0v) is 15.7. The van der Waals surface area contributed by atoms with E-state index < -0.39 is 6.04 Å². The number of fused-ring (bicyclic) bond motifs is 1. The van der Waals surface area contributed by atoms with E-state index in [1.807, 2.05) is 62.4 Å². The van der Waals surface area contributed by atoms with Crippen molar-refractivity contribution in [2.45, 2.75) is 19.9 Å². The average Bonchev–Trinajstić information content (AvgIpc) is 2.69. The molecule has 4 rings (SSSR count). The maximum atomic E-state index is 11.0. The third kappa shape index (κ3) is 3.34. The lowest BCUT2D eigenvalue weighted by atomic mass is 9.94. The highest BCUT2D eigenvalue weighted by Crippen LogP contribution is 2.39. The average molecular weight is 371 g/mol. The molecule has 0 fully saturated rings. The highest BCUT2D eigenvalue weighted by Gasteiger charge is 2.23. The lowest BCUT2D eigenvalue weighted by Crippen LogP contribution is -2.14. The second kappa shape index (κ2) is 7.19. The summed E-state index contributed by atoms with van der Waals surface area (Å²) in [5, 5.41) is 25.7. The van der Waals surface area contributed by atoms with Crippen LogP contribution in [0.3, 0.4) is 0 Å². The SMILES string of the molecule is Cc1ccnc(N[C@@H](c2cc(C)ccc2O)c2ccc3cccnc3c2O)c1. The molecule has 0 aliphatic rings. The van der Waals surface area contributed by atoms with E-state index in [9.17, 15) is 10.2 Å². The van der Waals surface area contributed by atoms with Gasteiger partial charge in [-0.3, -0.25) is 4.98 Å². The van der Waals surface area contributed by atoms with Gasteiger partial charge in [-0.05, 0) is 49.7 Å². The fraction of sp³-hybridized carbons (Fsp3) is 0.130. The molecule has 2 heterocycles. The standard InChI is InChI=1S/C23H21N3O2/c1-14-5-8-19(27)18(12-14)22(26-20-13-15(2)9-11-24-20)17-7-6-16-4-3-10-25-21(16)23(17)28/h3-13,22,27-28H,1-2H3,(H,24,26)/t22-/m1/s1. The Labute approximate surface area is 163 Å². The Morgan fingerprint density at radius 1 is 0.821 bits per heavy atom. The number of aromatic hydroxyl groups is 2. The maximum absolute atomic E-state index is 11.0. The van der Waals surface area contributed by atoms with E-state index in [4.69, 9.17) is 0 Å². The number of aromatic nitrogens is 2. The number of hydrogen-bond acceptors (Lipinski definition) is 5. The highest BCUT2D eigenvalue weighted by atomic mass is 16.3.